The Balaban J connectivity index is 1.49. The highest BCUT2D eigenvalue weighted by molar-refractivity contribution is 5.84. The third-order valence-corrected chi connectivity index (χ3v) is 3.87. The monoisotopic (exact) mass is 256 g/mol. The first-order valence-electron chi connectivity index (χ1n) is 7.14. The Morgan fingerprint density at radius 3 is 3.00 bits per heavy atom. The van der Waals surface area contributed by atoms with Gasteiger partial charge in [0.05, 0.1) is 0 Å². The molecule has 1 aliphatic rings. The molecule has 1 heterocycles. The minimum absolute atomic E-state index is 0.172. The standard InChI is InChI=1S/C16H20N2O/c19-16(17-10-9-12-5-6-12)8-7-13-11-18-15-4-2-1-3-14(13)15/h1-4,11-12,18H,5-10H2,(H,17,19). The van der Waals surface area contributed by atoms with Crippen LogP contribution in [0, 0.1) is 5.92 Å². The van der Waals surface area contributed by atoms with Crippen molar-refractivity contribution in [2.75, 3.05) is 6.54 Å². The van der Waals surface area contributed by atoms with Crippen LogP contribution in [0.2, 0.25) is 0 Å². The third-order valence-electron chi connectivity index (χ3n) is 3.87. The molecule has 1 aromatic carbocycles. The van der Waals surface area contributed by atoms with Crippen molar-refractivity contribution in [2.24, 2.45) is 5.92 Å². The van der Waals surface area contributed by atoms with E-state index in [4.69, 9.17) is 0 Å². The van der Waals surface area contributed by atoms with Crippen molar-refractivity contribution in [3.8, 4) is 0 Å². The van der Waals surface area contributed by atoms with E-state index in [1.165, 1.54) is 23.8 Å². The molecule has 19 heavy (non-hydrogen) atoms. The molecule has 1 amide bonds. The summed E-state index contributed by atoms with van der Waals surface area (Å²) in [6.45, 7) is 0.845. The predicted octanol–water partition coefficient (Wildman–Crippen LogP) is 3.02. The lowest BCUT2D eigenvalue weighted by Crippen LogP contribution is -2.24. The van der Waals surface area contributed by atoms with E-state index < -0.39 is 0 Å². The summed E-state index contributed by atoms with van der Waals surface area (Å²) in [5.74, 6) is 1.06. The first-order valence-corrected chi connectivity index (χ1v) is 7.14. The van der Waals surface area contributed by atoms with Gasteiger partial charge in [-0.05, 0) is 30.4 Å². The Kier molecular flexibility index (Phi) is 3.53. The van der Waals surface area contributed by atoms with Gasteiger partial charge in [0.1, 0.15) is 0 Å². The van der Waals surface area contributed by atoms with Crippen LogP contribution in [-0.2, 0) is 11.2 Å². The van der Waals surface area contributed by atoms with Gasteiger partial charge in [0.15, 0.2) is 0 Å². The SMILES string of the molecule is O=C(CCc1c[nH]c2ccccc12)NCCC1CC1. The van der Waals surface area contributed by atoms with Crippen LogP contribution >= 0.6 is 0 Å². The molecule has 1 aliphatic carbocycles. The number of H-pyrrole nitrogens is 1. The van der Waals surface area contributed by atoms with Crippen molar-refractivity contribution >= 4 is 16.8 Å². The molecule has 2 N–H and O–H groups in total. The van der Waals surface area contributed by atoms with Gasteiger partial charge in [0.2, 0.25) is 5.91 Å². The van der Waals surface area contributed by atoms with Crippen LogP contribution in [0.4, 0.5) is 0 Å². The predicted molar refractivity (Wildman–Crippen MR) is 77.0 cm³/mol. The largest absolute Gasteiger partial charge is 0.361 e. The van der Waals surface area contributed by atoms with Gasteiger partial charge < -0.3 is 10.3 Å². The molecule has 0 aliphatic heterocycles. The zero-order valence-electron chi connectivity index (χ0n) is 11.1. The normalized spacial score (nSPS) is 14.7. The van der Waals surface area contributed by atoms with E-state index in [1.54, 1.807) is 0 Å². The third kappa shape index (κ3) is 3.16. The molecule has 1 fully saturated rings. The number of nitrogens with one attached hydrogen (secondary N) is 2. The molecular formula is C16H20N2O. The lowest BCUT2D eigenvalue weighted by molar-refractivity contribution is -0.121. The van der Waals surface area contributed by atoms with Gasteiger partial charge >= 0.3 is 0 Å². The summed E-state index contributed by atoms with van der Waals surface area (Å²) in [4.78, 5) is 15.0. The number of carbonyl (C=O) groups excluding carboxylic acids is 1. The van der Waals surface area contributed by atoms with Crippen LogP contribution in [0.5, 0.6) is 0 Å². The molecule has 1 saturated carbocycles. The zero-order valence-corrected chi connectivity index (χ0v) is 11.1. The summed E-state index contributed by atoms with van der Waals surface area (Å²) in [5.41, 5.74) is 2.37. The average Bonchev–Trinajstić information content (AvgIpc) is 3.16. The molecular weight excluding hydrogens is 236 g/mol. The topological polar surface area (TPSA) is 44.9 Å². The van der Waals surface area contributed by atoms with E-state index in [0.29, 0.717) is 6.42 Å². The molecule has 0 atom stereocenters. The number of hydrogen-bond acceptors (Lipinski definition) is 1. The summed E-state index contributed by atoms with van der Waals surface area (Å²) >= 11 is 0. The second-order valence-electron chi connectivity index (χ2n) is 5.44. The van der Waals surface area contributed by atoms with Gasteiger partial charge in [-0.3, -0.25) is 4.79 Å². The maximum atomic E-state index is 11.8. The molecule has 3 heteroatoms. The van der Waals surface area contributed by atoms with Crippen molar-refractivity contribution in [2.45, 2.75) is 32.1 Å². The molecule has 1 aromatic heterocycles. The minimum atomic E-state index is 0.172. The fourth-order valence-corrected chi connectivity index (χ4v) is 2.50. The van der Waals surface area contributed by atoms with Crippen LogP contribution in [-0.4, -0.2) is 17.4 Å². The van der Waals surface area contributed by atoms with Crippen molar-refractivity contribution in [1.29, 1.82) is 0 Å². The number of aryl methyl sites for hydroxylation is 1. The van der Waals surface area contributed by atoms with E-state index >= 15 is 0 Å². The summed E-state index contributed by atoms with van der Waals surface area (Å²) in [5, 5.41) is 4.25. The number of benzene rings is 1. The van der Waals surface area contributed by atoms with E-state index in [9.17, 15) is 4.79 Å². The van der Waals surface area contributed by atoms with Gasteiger partial charge in [-0.2, -0.15) is 0 Å². The summed E-state index contributed by atoms with van der Waals surface area (Å²) in [6.07, 6.45) is 7.25. The van der Waals surface area contributed by atoms with Crippen LogP contribution in [0.3, 0.4) is 0 Å². The lowest BCUT2D eigenvalue weighted by Gasteiger charge is -2.04. The molecule has 3 nitrogen and oxygen atoms in total. The second-order valence-corrected chi connectivity index (χ2v) is 5.44. The number of aromatic amines is 1. The Morgan fingerprint density at radius 2 is 2.16 bits per heavy atom. The van der Waals surface area contributed by atoms with Crippen molar-refractivity contribution in [3.05, 3.63) is 36.0 Å². The van der Waals surface area contributed by atoms with E-state index in [1.807, 2.05) is 18.3 Å². The Labute approximate surface area is 113 Å². The molecule has 100 valence electrons. The quantitative estimate of drug-likeness (QED) is 0.820. The van der Waals surface area contributed by atoms with Crippen LogP contribution in [0.1, 0.15) is 31.2 Å². The Bertz CT molecular complexity index is 569. The Hall–Kier alpha value is -1.77. The number of aromatic nitrogens is 1. The molecule has 0 saturated heterocycles. The fraction of sp³-hybridized carbons (Fsp3) is 0.438. The smallest absolute Gasteiger partial charge is 0.220 e. The minimum Gasteiger partial charge on any atom is -0.361 e. The van der Waals surface area contributed by atoms with Gasteiger partial charge in [-0.15, -0.1) is 0 Å². The van der Waals surface area contributed by atoms with Crippen LogP contribution in [0.25, 0.3) is 10.9 Å². The lowest BCUT2D eigenvalue weighted by atomic mass is 10.1. The van der Waals surface area contributed by atoms with Crippen LogP contribution in [0.15, 0.2) is 30.5 Å². The maximum absolute atomic E-state index is 11.8. The van der Waals surface area contributed by atoms with Gasteiger partial charge in [-0.25, -0.2) is 0 Å². The Morgan fingerprint density at radius 1 is 1.32 bits per heavy atom. The van der Waals surface area contributed by atoms with Crippen molar-refractivity contribution in [1.82, 2.24) is 10.3 Å². The van der Waals surface area contributed by atoms with Crippen molar-refractivity contribution < 1.29 is 4.79 Å². The van der Waals surface area contributed by atoms with Crippen LogP contribution < -0.4 is 5.32 Å². The summed E-state index contributed by atoms with van der Waals surface area (Å²) in [7, 11) is 0. The van der Waals surface area contributed by atoms with Gasteiger partial charge in [-0.1, -0.05) is 31.0 Å². The summed E-state index contributed by atoms with van der Waals surface area (Å²) < 4.78 is 0. The van der Waals surface area contributed by atoms with E-state index in [2.05, 4.69) is 22.4 Å². The number of fused-ring (bicyclic) bond motifs is 1. The fourth-order valence-electron chi connectivity index (χ4n) is 2.50. The maximum Gasteiger partial charge on any atom is 0.220 e. The molecule has 2 aromatic rings. The number of amides is 1. The van der Waals surface area contributed by atoms with E-state index in [-0.39, 0.29) is 5.91 Å². The number of para-hydroxylation sites is 1. The van der Waals surface area contributed by atoms with Crippen molar-refractivity contribution in [3.63, 3.8) is 0 Å². The summed E-state index contributed by atoms with van der Waals surface area (Å²) in [6, 6.07) is 8.23. The number of carbonyl (C=O) groups is 1. The van der Waals surface area contributed by atoms with Gasteiger partial charge in [0, 0.05) is 30.1 Å². The highest BCUT2D eigenvalue weighted by atomic mass is 16.1. The second kappa shape index (κ2) is 5.47. The molecule has 0 spiro atoms. The molecule has 0 unspecified atom stereocenters. The highest BCUT2D eigenvalue weighted by Crippen LogP contribution is 2.31. The zero-order chi connectivity index (χ0) is 13.1. The number of rotatable bonds is 6. The molecule has 3 rings (SSSR count). The number of hydrogen-bond donors (Lipinski definition) is 2. The molecule has 0 bridgehead atoms. The van der Waals surface area contributed by atoms with Gasteiger partial charge in [0.25, 0.3) is 0 Å². The first-order chi connectivity index (χ1) is 9.33. The molecule has 0 radical (unpaired) electrons. The highest BCUT2D eigenvalue weighted by Gasteiger charge is 2.20. The average molecular weight is 256 g/mol. The van der Waals surface area contributed by atoms with E-state index in [0.717, 1.165) is 30.8 Å². The first kappa shape index (κ1) is 12.3.